The van der Waals surface area contributed by atoms with Crippen LogP contribution in [0.5, 0.6) is 0 Å². The lowest BCUT2D eigenvalue weighted by Crippen LogP contribution is -2.48. The number of hydrogen-bond acceptors (Lipinski definition) is 8. The van der Waals surface area contributed by atoms with Gasteiger partial charge in [0.05, 0.1) is 25.0 Å². The first-order valence-corrected chi connectivity index (χ1v) is 9.89. The third-order valence-electron chi connectivity index (χ3n) is 3.65. The second-order valence-corrected chi connectivity index (χ2v) is 7.07. The van der Waals surface area contributed by atoms with Gasteiger partial charge in [0.25, 0.3) is 0 Å². The van der Waals surface area contributed by atoms with Crippen molar-refractivity contribution >= 4 is 23.9 Å². The summed E-state index contributed by atoms with van der Waals surface area (Å²) in [5.74, 6) is -4.44. The maximum absolute atomic E-state index is 12.5. The summed E-state index contributed by atoms with van der Waals surface area (Å²) in [6, 6.07) is 0. The van der Waals surface area contributed by atoms with Crippen LogP contribution >= 0.6 is 0 Å². The third-order valence-corrected chi connectivity index (χ3v) is 3.65. The van der Waals surface area contributed by atoms with Crippen molar-refractivity contribution in [3.8, 4) is 0 Å². The first-order valence-electron chi connectivity index (χ1n) is 9.89. The fourth-order valence-corrected chi connectivity index (χ4v) is 1.79. The van der Waals surface area contributed by atoms with Crippen molar-refractivity contribution in [1.29, 1.82) is 0 Å². The van der Waals surface area contributed by atoms with E-state index in [1.807, 2.05) is 13.8 Å². The van der Waals surface area contributed by atoms with Crippen molar-refractivity contribution in [1.82, 2.24) is 0 Å². The molecule has 162 valence electrons. The normalized spacial score (nSPS) is 13.0. The summed E-state index contributed by atoms with van der Waals surface area (Å²) in [5.41, 5.74) is 0. The molecule has 0 aromatic carbocycles. The summed E-state index contributed by atoms with van der Waals surface area (Å²) in [5, 5.41) is 0. The van der Waals surface area contributed by atoms with Gasteiger partial charge in [-0.2, -0.15) is 0 Å². The SMILES string of the molecule is CCCCOC(=O)C(OC(=O)C(C)C)C(OC(=O)C(C)C)C(=O)OCCCC. The summed E-state index contributed by atoms with van der Waals surface area (Å²) in [4.78, 5) is 49.2. The fraction of sp³-hybridized carbons (Fsp3) is 0.800. The summed E-state index contributed by atoms with van der Waals surface area (Å²) >= 11 is 0. The standard InChI is InChI=1S/C20H34O8/c1-7-9-11-25-19(23)15(27-17(21)13(3)4)16(28-18(22)14(5)6)20(24)26-12-10-8-2/h13-16H,7-12H2,1-6H3. The average Bonchev–Trinajstić information content (AvgIpc) is 2.63. The Kier molecular flexibility index (Phi) is 12.9. The van der Waals surface area contributed by atoms with Crippen LogP contribution in [0.3, 0.4) is 0 Å². The van der Waals surface area contributed by atoms with Crippen molar-refractivity contribution < 1.29 is 38.1 Å². The number of unbranched alkanes of at least 4 members (excludes halogenated alkanes) is 2. The summed E-state index contributed by atoms with van der Waals surface area (Å²) in [7, 11) is 0. The number of carbonyl (C=O) groups is 4. The van der Waals surface area contributed by atoms with E-state index in [1.165, 1.54) is 0 Å². The van der Waals surface area contributed by atoms with Gasteiger partial charge in [-0.05, 0) is 12.8 Å². The van der Waals surface area contributed by atoms with Gasteiger partial charge >= 0.3 is 23.9 Å². The largest absolute Gasteiger partial charge is 0.463 e. The predicted octanol–water partition coefficient (Wildman–Crippen LogP) is 2.81. The zero-order valence-corrected chi connectivity index (χ0v) is 17.8. The van der Waals surface area contributed by atoms with Crippen LogP contribution in [0.15, 0.2) is 0 Å². The van der Waals surface area contributed by atoms with E-state index < -0.39 is 47.9 Å². The molecular weight excluding hydrogens is 368 g/mol. The Morgan fingerprint density at radius 2 is 0.929 bits per heavy atom. The number of carbonyl (C=O) groups excluding carboxylic acids is 4. The monoisotopic (exact) mass is 402 g/mol. The molecule has 0 saturated heterocycles. The van der Waals surface area contributed by atoms with E-state index in [2.05, 4.69) is 0 Å². The Morgan fingerprint density at radius 3 is 1.18 bits per heavy atom. The van der Waals surface area contributed by atoms with Crippen molar-refractivity contribution in [3.63, 3.8) is 0 Å². The second-order valence-electron chi connectivity index (χ2n) is 7.07. The Balaban J connectivity index is 5.60. The highest BCUT2D eigenvalue weighted by atomic mass is 16.6. The minimum Gasteiger partial charge on any atom is -0.463 e. The minimum atomic E-state index is -1.72. The van der Waals surface area contributed by atoms with E-state index in [0.717, 1.165) is 12.8 Å². The molecule has 0 aromatic heterocycles. The molecule has 0 aromatic rings. The van der Waals surface area contributed by atoms with Gasteiger partial charge in [-0.15, -0.1) is 0 Å². The Labute approximate surface area is 167 Å². The molecule has 0 N–H and O–H groups in total. The lowest BCUT2D eigenvalue weighted by molar-refractivity contribution is -0.194. The molecule has 0 aliphatic carbocycles. The lowest BCUT2D eigenvalue weighted by atomic mass is 10.1. The molecule has 8 nitrogen and oxygen atoms in total. The fourth-order valence-electron chi connectivity index (χ4n) is 1.79. The topological polar surface area (TPSA) is 105 Å². The third kappa shape index (κ3) is 9.71. The van der Waals surface area contributed by atoms with Gasteiger partial charge in [-0.3, -0.25) is 9.59 Å². The Bertz CT molecular complexity index is 466. The summed E-state index contributed by atoms with van der Waals surface area (Å²) in [6.07, 6.45) is -0.655. The smallest absolute Gasteiger partial charge is 0.352 e. The zero-order chi connectivity index (χ0) is 21.7. The highest BCUT2D eigenvalue weighted by Gasteiger charge is 2.43. The van der Waals surface area contributed by atoms with Gasteiger partial charge in [0, 0.05) is 0 Å². The van der Waals surface area contributed by atoms with Crippen molar-refractivity contribution in [3.05, 3.63) is 0 Å². The summed E-state index contributed by atoms with van der Waals surface area (Å²) in [6.45, 7) is 10.4. The average molecular weight is 402 g/mol. The lowest BCUT2D eigenvalue weighted by Gasteiger charge is -2.25. The molecule has 2 atom stereocenters. The number of rotatable bonds is 13. The molecular formula is C20H34O8. The highest BCUT2D eigenvalue weighted by Crippen LogP contribution is 2.15. The van der Waals surface area contributed by atoms with Crippen molar-refractivity contribution in [2.24, 2.45) is 11.8 Å². The first-order chi connectivity index (χ1) is 13.1. The molecule has 0 aliphatic rings. The van der Waals surface area contributed by atoms with E-state index in [9.17, 15) is 19.2 Å². The van der Waals surface area contributed by atoms with Crippen LogP contribution in [0.25, 0.3) is 0 Å². The molecule has 0 amide bonds. The Hall–Kier alpha value is -2.12. The van der Waals surface area contributed by atoms with Crippen LogP contribution in [0.1, 0.15) is 67.2 Å². The van der Waals surface area contributed by atoms with Gasteiger partial charge in [-0.1, -0.05) is 54.4 Å². The van der Waals surface area contributed by atoms with Gasteiger partial charge in [0.2, 0.25) is 12.2 Å². The van der Waals surface area contributed by atoms with Crippen LogP contribution in [-0.4, -0.2) is 49.3 Å². The molecule has 0 bridgehead atoms. The van der Waals surface area contributed by atoms with Crippen LogP contribution < -0.4 is 0 Å². The van der Waals surface area contributed by atoms with Crippen LogP contribution in [0.2, 0.25) is 0 Å². The molecule has 0 fully saturated rings. The molecule has 0 rings (SSSR count). The first kappa shape index (κ1) is 25.9. The maximum atomic E-state index is 12.5. The molecule has 0 heterocycles. The van der Waals surface area contributed by atoms with E-state index in [4.69, 9.17) is 18.9 Å². The highest BCUT2D eigenvalue weighted by molar-refractivity contribution is 5.89. The second kappa shape index (κ2) is 14.0. The van der Waals surface area contributed by atoms with Crippen molar-refractivity contribution in [2.45, 2.75) is 79.4 Å². The zero-order valence-electron chi connectivity index (χ0n) is 17.8. The van der Waals surface area contributed by atoms with Gasteiger partial charge < -0.3 is 18.9 Å². The quantitative estimate of drug-likeness (QED) is 0.263. The van der Waals surface area contributed by atoms with Gasteiger partial charge in [0.15, 0.2) is 0 Å². The Morgan fingerprint density at radius 1 is 0.607 bits per heavy atom. The molecule has 0 saturated carbocycles. The molecule has 28 heavy (non-hydrogen) atoms. The maximum Gasteiger partial charge on any atom is 0.352 e. The number of ether oxygens (including phenoxy) is 4. The molecule has 8 heteroatoms. The van der Waals surface area contributed by atoms with Crippen LogP contribution in [0.4, 0.5) is 0 Å². The number of hydrogen-bond donors (Lipinski definition) is 0. The van der Waals surface area contributed by atoms with Gasteiger partial charge in [-0.25, -0.2) is 9.59 Å². The van der Waals surface area contributed by atoms with E-state index in [-0.39, 0.29) is 13.2 Å². The van der Waals surface area contributed by atoms with Crippen molar-refractivity contribution in [2.75, 3.05) is 13.2 Å². The van der Waals surface area contributed by atoms with Crippen LogP contribution in [0, 0.1) is 11.8 Å². The predicted molar refractivity (Wildman–Crippen MR) is 101 cm³/mol. The van der Waals surface area contributed by atoms with E-state index >= 15 is 0 Å². The van der Waals surface area contributed by atoms with E-state index in [1.54, 1.807) is 27.7 Å². The summed E-state index contributed by atoms with van der Waals surface area (Å²) < 4.78 is 20.6. The molecule has 2 unspecified atom stereocenters. The van der Waals surface area contributed by atoms with Gasteiger partial charge in [0.1, 0.15) is 0 Å². The molecule has 0 spiro atoms. The van der Waals surface area contributed by atoms with E-state index in [0.29, 0.717) is 12.8 Å². The minimum absolute atomic E-state index is 0.0980. The van der Waals surface area contributed by atoms with Crippen LogP contribution in [-0.2, 0) is 38.1 Å². The molecule has 0 aliphatic heterocycles. The molecule has 0 radical (unpaired) electrons. The number of esters is 4.